The summed E-state index contributed by atoms with van der Waals surface area (Å²) in [6.45, 7) is 0.639. The lowest BCUT2D eigenvalue weighted by Crippen LogP contribution is -2.29. The standard InChI is InChI=1S/C19H18FNO5S/c20-15-4-2-1-3-13(15)10-21-18(22)11-26-19(23)12-27-14-5-6-16-17(9-14)25-8-7-24-16/h1-6,9H,7-8,10-12H2,(H,21,22). The molecular weight excluding hydrogens is 373 g/mol. The summed E-state index contributed by atoms with van der Waals surface area (Å²) in [5.74, 6) is -0.0235. The molecule has 2 aromatic rings. The van der Waals surface area contributed by atoms with Crippen LogP contribution in [0, 0.1) is 5.82 Å². The number of nitrogens with one attached hydrogen (secondary N) is 1. The molecule has 0 aromatic heterocycles. The Hall–Kier alpha value is -2.74. The van der Waals surface area contributed by atoms with Crippen LogP contribution in [0.2, 0.25) is 0 Å². The van der Waals surface area contributed by atoms with E-state index in [9.17, 15) is 14.0 Å². The summed E-state index contributed by atoms with van der Waals surface area (Å²) in [4.78, 5) is 24.4. The number of rotatable bonds is 7. The molecule has 0 aliphatic carbocycles. The van der Waals surface area contributed by atoms with Gasteiger partial charge in [-0.15, -0.1) is 11.8 Å². The van der Waals surface area contributed by atoms with Crippen molar-refractivity contribution in [3.05, 3.63) is 53.8 Å². The van der Waals surface area contributed by atoms with E-state index in [-0.39, 0.29) is 12.3 Å². The zero-order chi connectivity index (χ0) is 19.1. The third kappa shape index (κ3) is 5.62. The summed E-state index contributed by atoms with van der Waals surface area (Å²) >= 11 is 1.27. The van der Waals surface area contributed by atoms with Crippen LogP contribution in [0.5, 0.6) is 11.5 Å². The highest BCUT2D eigenvalue weighted by Gasteiger charge is 2.13. The summed E-state index contributed by atoms with van der Waals surface area (Å²) in [5, 5.41) is 2.51. The Kier molecular flexibility index (Phi) is 6.54. The molecule has 0 radical (unpaired) electrons. The van der Waals surface area contributed by atoms with Gasteiger partial charge in [0.1, 0.15) is 19.0 Å². The van der Waals surface area contributed by atoms with Gasteiger partial charge in [-0.1, -0.05) is 18.2 Å². The van der Waals surface area contributed by atoms with Gasteiger partial charge in [-0.25, -0.2) is 4.39 Å². The number of fused-ring (bicyclic) bond motifs is 1. The molecule has 0 bridgehead atoms. The molecule has 0 atom stereocenters. The molecule has 2 aromatic carbocycles. The maximum Gasteiger partial charge on any atom is 0.316 e. The number of carbonyl (C=O) groups excluding carboxylic acids is 2. The zero-order valence-corrected chi connectivity index (χ0v) is 15.2. The van der Waals surface area contributed by atoms with Crippen molar-refractivity contribution in [2.45, 2.75) is 11.4 Å². The van der Waals surface area contributed by atoms with Crippen LogP contribution in [0.25, 0.3) is 0 Å². The van der Waals surface area contributed by atoms with Crippen LogP contribution in [0.4, 0.5) is 4.39 Å². The molecule has 3 rings (SSSR count). The van der Waals surface area contributed by atoms with Gasteiger partial charge in [0, 0.05) is 17.0 Å². The summed E-state index contributed by atoms with van der Waals surface area (Å²) in [6, 6.07) is 11.6. The van der Waals surface area contributed by atoms with Crippen molar-refractivity contribution in [3.63, 3.8) is 0 Å². The minimum atomic E-state index is -0.518. The van der Waals surface area contributed by atoms with Crippen LogP contribution >= 0.6 is 11.8 Å². The Labute approximate surface area is 160 Å². The average molecular weight is 391 g/mol. The summed E-state index contributed by atoms with van der Waals surface area (Å²) in [6.07, 6.45) is 0. The lowest BCUT2D eigenvalue weighted by molar-refractivity contribution is -0.145. The van der Waals surface area contributed by atoms with Gasteiger partial charge in [-0.05, 0) is 24.3 Å². The van der Waals surface area contributed by atoms with Crippen molar-refractivity contribution < 1.29 is 28.2 Å². The second-order valence-electron chi connectivity index (χ2n) is 5.62. The molecule has 27 heavy (non-hydrogen) atoms. The minimum Gasteiger partial charge on any atom is -0.486 e. The second-order valence-corrected chi connectivity index (χ2v) is 6.67. The molecule has 0 spiro atoms. The van der Waals surface area contributed by atoms with Gasteiger partial charge in [0.05, 0.1) is 5.75 Å². The summed E-state index contributed by atoms with van der Waals surface area (Å²) < 4.78 is 29.3. The molecule has 0 fully saturated rings. The number of esters is 1. The fraction of sp³-hybridized carbons (Fsp3) is 0.263. The molecule has 0 saturated heterocycles. The van der Waals surface area contributed by atoms with E-state index in [0.717, 1.165) is 4.90 Å². The highest BCUT2D eigenvalue weighted by Crippen LogP contribution is 2.34. The number of ether oxygens (including phenoxy) is 3. The Balaban J connectivity index is 1.38. The zero-order valence-electron chi connectivity index (χ0n) is 14.4. The Morgan fingerprint density at radius 2 is 1.89 bits per heavy atom. The predicted octanol–water partition coefficient (Wildman–Crippen LogP) is 2.55. The van der Waals surface area contributed by atoms with Gasteiger partial charge in [-0.2, -0.15) is 0 Å². The molecule has 1 aliphatic heterocycles. The molecular formula is C19H18FNO5S. The van der Waals surface area contributed by atoms with Gasteiger partial charge >= 0.3 is 5.97 Å². The Bertz CT molecular complexity index is 829. The fourth-order valence-corrected chi connectivity index (χ4v) is 3.05. The van der Waals surface area contributed by atoms with Crippen LogP contribution in [0.3, 0.4) is 0 Å². The summed E-state index contributed by atoms with van der Waals surface area (Å²) in [7, 11) is 0. The van der Waals surface area contributed by atoms with Gasteiger partial charge in [0.2, 0.25) is 0 Å². The number of benzene rings is 2. The number of hydrogen-bond donors (Lipinski definition) is 1. The first-order valence-corrected chi connectivity index (χ1v) is 9.28. The van der Waals surface area contributed by atoms with E-state index >= 15 is 0 Å². The van der Waals surface area contributed by atoms with E-state index in [1.807, 2.05) is 6.07 Å². The van der Waals surface area contributed by atoms with E-state index in [4.69, 9.17) is 14.2 Å². The maximum absolute atomic E-state index is 13.5. The van der Waals surface area contributed by atoms with Gasteiger partial charge in [0.15, 0.2) is 18.1 Å². The third-order valence-corrected chi connectivity index (χ3v) is 4.64. The van der Waals surface area contributed by atoms with Crippen LogP contribution in [0.1, 0.15) is 5.56 Å². The lowest BCUT2D eigenvalue weighted by Gasteiger charge is -2.18. The normalized spacial score (nSPS) is 12.3. The average Bonchev–Trinajstić information content (AvgIpc) is 2.70. The van der Waals surface area contributed by atoms with Crippen LogP contribution in [-0.2, 0) is 20.9 Å². The van der Waals surface area contributed by atoms with E-state index in [0.29, 0.717) is 30.3 Å². The van der Waals surface area contributed by atoms with Crippen molar-refractivity contribution in [3.8, 4) is 11.5 Å². The molecule has 1 aliphatic rings. The number of carbonyl (C=O) groups is 2. The first-order valence-electron chi connectivity index (χ1n) is 8.30. The predicted molar refractivity (Wildman–Crippen MR) is 97.4 cm³/mol. The summed E-state index contributed by atoms with van der Waals surface area (Å²) in [5.41, 5.74) is 0.367. The minimum absolute atomic E-state index is 0.0367. The van der Waals surface area contributed by atoms with Crippen molar-refractivity contribution in [2.75, 3.05) is 25.6 Å². The van der Waals surface area contributed by atoms with Gasteiger partial charge in [-0.3, -0.25) is 9.59 Å². The Morgan fingerprint density at radius 3 is 2.70 bits per heavy atom. The van der Waals surface area contributed by atoms with Crippen molar-refractivity contribution in [1.82, 2.24) is 5.32 Å². The molecule has 1 amide bonds. The van der Waals surface area contributed by atoms with E-state index in [1.54, 1.807) is 30.3 Å². The fourth-order valence-electron chi connectivity index (χ4n) is 2.33. The van der Waals surface area contributed by atoms with E-state index < -0.39 is 24.3 Å². The molecule has 8 heteroatoms. The highest BCUT2D eigenvalue weighted by atomic mass is 32.2. The maximum atomic E-state index is 13.5. The molecule has 1 heterocycles. The quantitative estimate of drug-likeness (QED) is 0.578. The molecule has 0 saturated carbocycles. The van der Waals surface area contributed by atoms with Crippen LogP contribution < -0.4 is 14.8 Å². The molecule has 1 N–H and O–H groups in total. The van der Waals surface area contributed by atoms with Crippen LogP contribution in [-0.4, -0.2) is 37.4 Å². The number of halogens is 1. The van der Waals surface area contributed by atoms with Gasteiger partial charge < -0.3 is 19.5 Å². The third-order valence-electron chi connectivity index (χ3n) is 3.67. The van der Waals surface area contributed by atoms with E-state index in [2.05, 4.69) is 5.32 Å². The second kappa shape index (κ2) is 9.27. The Morgan fingerprint density at radius 1 is 1.11 bits per heavy atom. The topological polar surface area (TPSA) is 73.9 Å². The lowest BCUT2D eigenvalue weighted by atomic mass is 10.2. The van der Waals surface area contributed by atoms with Crippen molar-refractivity contribution in [2.24, 2.45) is 0 Å². The number of amides is 1. The first-order chi connectivity index (χ1) is 13.1. The van der Waals surface area contributed by atoms with E-state index in [1.165, 1.54) is 17.8 Å². The highest BCUT2D eigenvalue weighted by molar-refractivity contribution is 8.00. The van der Waals surface area contributed by atoms with Gasteiger partial charge in [0.25, 0.3) is 5.91 Å². The smallest absolute Gasteiger partial charge is 0.316 e. The monoisotopic (exact) mass is 391 g/mol. The van der Waals surface area contributed by atoms with Crippen LogP contribution in [0.15, 0.2) is 47.4 Å². The largest absolute Gasteiger partial charge is 0.486 e. The first kappa shape index (κ1) is 19.0. The molecule has 0 unspecified atom stereocenters. The van der Waals surface area contributed by atoms with Crippen molar-refractivity contribution >= 4 is 23.6 Å². The molecule has 6 nitrogen and oxygen atoms in total. The van der Waals surface area contributed by atoms with Crippen molar-refractivity contribution in [1.29, 1.82) is 0 Å². The number of hydrogen-bond acceptors (Lipinski definition) is 6. The molecule has 142 valence electrons. The SMILES string of the molecule is O=C(COC(=O)CSc1ccc2c(c1)OCCO2)NCc1ccccc1F. The number of thioether (sulfide) groups is 1.